The van der Waals surface area contributed by atoms with Crippen molar-refractivity contribution >= 4 is 34.6 Å². The third-order valence-corrected chi connectivity index (χ3v) is 5.64. The van der Waals surface area contributed by atoms with E-state index >= 15 is 0 Å². The van der Waals surface area contributed by atoms with Gasteiger partial charge in [0.2, 0.25) is 0 Å². The molecule has 1 atom stereocenters. The van der Waals surface area contributed by atoms with Crippen LogP contribution >= 0.6 is 12.2 Å². The molecule has 0 amide bonds. The van der Waals surface area contributed by atoms with Crippen molar-refractivity contribution in [1.82, 2.24) is 0 Å². The number of ether oxygens (including phenoxy) is 1. The predicted molar refractivity (Wildman–Crippen MR) is 122 cm³/mol. The van der Waals surface area contributed by atoms with E-state index in [-0.39, 0.29) is 23.1 Å². The predicted octanol–water partition coefficient (Wildman–Crippen LogP) is 3.41. The van der Waals surface area contributed by atoms with E-state index < -0.39 is 35.6 Å². The molecule has 11 heteroatoms. The van der Waals surface area contributed by atoms with Gasteiger partial charge in [0, 0.05) is 11.4 Å². The monoisotopic (exact) mass is 491 g/mol. The molecule has 3 rings (SSSR count). The highest BCUT2D eigenvalue weighted by atomic mass is 32.1. The van der Waals surface area contributed by atoms with Crippen molar-refractivity contribution < 1.29 is 32.9 Å². The molecule has 1 saturated heterocycles. The lowest BCUT2D eigenvalue weighted by atomic mass is 9.99. The highest BCUT2D eigenvalue weighted by Gasteiger charge is 2.48. The number of aliphatic hydroxyl groups is 2. The van der Waals surface area contributed by atoms with Crippen LogP contribution in [0.2, 0.25) is 0 Å². The topological polar surface area (TPSA) is 97.0 Å². The molecular weight excluding hydrogens is 471 g/mol. The van der Waals surface area contributed by atoms with Crippen LogP contribution in [0.4, 0.5) is 24.5 Å². The Kier molecular flexibility index (Phi) is 7.00. The van der Waals surface area contributed by atoms with E-state index in [1.165, 1.54) is 17.0 Å². The van der Waals surface area contributed by atoms with Gasteiger partial charge in [0.25, 0.3) is 0 Å². The van der Waals surface area contributed by atoms with Crippen LogP contribution in [0.25, 0.3) is 0 Å². The normalized spacial score (nSPS) is 16.3. The Morgan fingerprint density at radius 1 is 1.18 bits per heavy atom. The minimum Gasteiger partial charge on any atom is -0.491 e. The third-order valence-electron chi connectivity index (χ3n) is 5.28. The summed E-state index contributed by atoms with van der Waals surface area (Å²) < 4.78 is 45.9. The number of halogens is 3. The Balaban J connectivity index is 2.01. The first-order valence-corrected chi connectivity index (χ1v) is 10.4. The molecule has 1 aliphatic rings. The van der Waals surface area contributed by atoms with Crippen molar-refractivity contribution in [2.75, 3.05) is 23.0 Å². The van der Waals surface area contributed by atoms with Crippen molar-refractivity contribution in [2.45, 2.75) is 31.7 Å². The average molecular weight is 491 g/mol. The zero-order valence-electron chi connectivity index (χ0n) is 18.1. The van der Waals surface area contributed by atoms with Crippen molar-refractivity contribution in [2.24, 2.45) is 0 Å². The molecule has 1 heterocycles. The van der Waals surface area contributed by atoms with Gasteiger partial charge in [-0.25, -0.2) is 4.79 Å². The van der Waals surface area contributed by atoms with Gasteiger partial charge in [0.15, 0.2) is 5.11 Å². The first kappa shape index (κ1) is 25.2. The lowest BCUT2D eigenvalue weighted by molar-refractivity contribution is -0.137. The van der Waals surface area contributed by atoms with Gasteiger partial charge in [-0.05, 0) is 68.5 Å². The summed E-state index contributed by atoms with van der Waals surface area (Å²) in [5, 5.41) is 27.4. The van der Waals surface area contributed by atoms with E-state index in [1.807, 2.05) is 5.94 Å². The lowest BCUT2D eigenvalue weighted by Crippen LogP contribution is -2.41. The Bertz CT molecular complexity index is 1190. The van der Waals surface area contributed by atoms with Crippen LogP contribution in [0.3, 0.4) is 0 Å². The van der Waals surface area contributed by atoms with Gasteiger partial charge >= 0.3 is 6.18 Å². The molecule has 2 N–H and O–H groups in total. The van der Waals surface area contributed by atoms with Crippen LogP contribution in [-0.2, 0) is 11.0 Å². The number of thiocarbonyl (C=S) groups is 1. The van der Waals surface area contributed by atoms with Gasteiger partial charge in [-0.15, -0.1) is 0 Å². The zero-order chi connectivity index (χ0) is 25.3. The number of nitrogens with zero attached hydrogens (tertiary/aromatic N) is 3. The van der Waals surface area contributed by atoms with Gasteiger partial charge < -0.3 is 19.8 Å². The highest BCUT2D eigenvalue weighted by Crippen LogP contribution is 2.43. The van der Waals surface area contributed by atoms with Crippen LogP contribution < -0.4 is 14.5 Å². The highest BCUT2D eigenvalue weighted by molar-refractivity contribution is 7.81. The van der Waals surface area contributed by atoms with Gasteiger partial charge in [-0.2, -0.15) is 18.4 Å². The summed E-state index contributed by atoms with van der Waals surface area (Å²) >= 11 is 5.56. The Hall–Kier alpha value is -3.42. The number of hydrogen-bond donors (Lipinski definition) is 2. The fourth-order valence-corrected chi connectivity index (χ4v) is 4.13. The summed E-state index contributed by atoms with van der Waals surface area (Å²) in [4.78, 5) is 14.7. The molecule has 34 heavy (non-hydrogen) atoms. The van der Waals surface area contributed by atoms with E-state index in [1.54, 1.807) is 43.0 Å². The molecule has 0 aromatic heterocycles. The first-order valence-electron chi connectivity index (χ1n) is 9.98. The molecule has 0 saturated carbocycles. The lowest BCUT2D eigenvalue weighted by Gasteiger charge is -2.30. The molecule has 178 valence electrons. The molecule has 0 radical (unpaired) electrons. The Labute approximate surface area is 198 Å². The second-order valence-corrected chi connectivity index (χ2v) is 8.31. The summed E-state index contributed by atoms with van der Waals surface area (Å²) in [7, 11) is 0. The van der Waals surface area contributed by atoms with Crippen molar-refractivity contribution in [3.63, 3.8) is 0 Å². The molecule has 2 aromatic rings. The van der Waals surface area contributed by atoms with E-state index in [4.69, 9.17) is 27.3 Å². The van der Waals surface area contributed by atoms with Crippen molar-refractivity contribution in [3.05, 3.63) is 59.3 Å². The van der Waals surface area contributed by atoms with E-state index in [0.29, 0.717) is 11.4 Å². The van der Waals surface area contributed by atoms with E-state index in [2.05, 4.69) is 0 Å². The number of nitriles is 1. The van der Waals surface area contributed by atoms with Crippen molar-refractivity contribution in [3.8, 4) is 11.8 Å². The first-order chi connectivity index (χ1) is 15.9. The summed E-state index contributed by atoms with van der Waals surface area (Å²) in [5.74, 6) is 2.22. The molecular formula is C23H20F3N3O4S. The number of carbonyl (C=O) groups excluding carboxylic acids is 1. The maximum atomic E-state index is 13.5. The molecule has 1 unspecified atom stereocenters. The Morgan fingerprint density at radius 3 is 2.32 bits per heavy atom. The van der Waals surface area contributed by atoms with Gasteiger partial charge in [-0.1, -0.05) is 0 Å². The molecule has 1 aliphatic heterocycles. The molecule has 0 aliphatic carbocycles. The van der Waals surface area contributed by atoms with Crippen LogP contribution in [0, 0.1) is 11.3 Å². The maximum absolute atomic E-state index is 13.5. The molecule has 0 spiro atoms. The van der Waals surface area contributed by atoms with Gasteiger partial charge in [0.1, 0.15) is 30.1 Å². The van der Waals surface area contributed by atoms with Gasteiger partial charge in [0.05, 0.1) is 29.3 Å². The number of anilines is 2. The standard InChI is InChI=1S/C23H20F3N3O4S/c1-22(2)20(12-31)28(16-4-3-14(10-27)19(9-16)23(24,25)26)21(34)29(22)15-5-7-18(8-6-15)33-13-17(32)11-30/h3-9,17,30,32H,11,13H2,1-2H3. The summed E-state index contributed by atoms with van der Waals surface area (Å²) in [6, 6.07) is 11.1. The summed E-state index contributed by atoms with van der Waals surface area (Å²) in [5.41, 5.74) is -2.24. The largest absolute Gasteiger partial charge is 0.491 e. The SMILES string of the molecule is CC1(C)C(=C=O)N(c2ccc(C#N)c(C(F)(F)F)c2)C(=S)N1c1ccc(OCC(O)CO)cc1. The summed E-state index contributed by atoms with van der Waals surface area (Å²) in [6.07, 6.45) is -5.81. The second-order valence-electron chi connectivity index (χ2n) is 7.94. The molecule has 2 aromatic carbocycles. The number of benzene rings is 2. The minimum atomic E-state index is -4.78. The third kappa shape index (κ3) is 4.62. The van der Waals surface area contributed by atoms with Crippen LogP contribution in [0.15, 0.2) is 48.2 Å². The van der Waals surface area contributed by atoms with Gasteiger partial charge in [-0.3, -0.25) is 4.90 Å². The number of hydrogen-bond acceptors (Lipinski definition) is 6. The quantitative estimate of drug-likeness (QED) is 0.469. The van der Waals surface area contributed by atoms with E-state index in [0.717, 1.165) is 12.1 Å². The molecule has 1 fully saturated rings. The molecule has 0 bridgehead atoms. The zero-order valence-corrected chi connectivity index (χ0v) is 18.9. The fraction of sp³-hybridized carbons (Fsp3) is 0.304. The molecule has 7 nitrogen and oxygen atoms in total. The number of aliphatic hydroxyl groups excluding tert-OH is 2. The van der Waals surface area contributed by atoms with Crippen LogP contribution in [-0.4, -0.2) is 46.1 Å². The number of rotatable bonds is 6. The fourth-order valence-electron chi connectivity index (χ4n) is 3.60. The maximum Gasteiger partial charge on any atom is 0.417 e. The average Bonchev–Trinajstić information content (AvgIpc) is 3.00. The summed E-state index contributed by atoms with van der Waals surface area (Å²) in [6.45, 7) is 2.79. The second kappa shape index (κ2) is 9.44. The van der Waals surface area contributed by atoms with E-state index in [9.17, 15) is 23.1 Å². The van der Waals surface area contributed by atoms with Crippen LogP contribution in [0.1, 0.15) is 25.0 Å². The smallest absolute Gasteiger partial charge is 0.417 e. The minimum absolute atomic E-state index is 0.00160. The van der Waals surface area contributed by atoms with Crippen LogP contribution in [0.5, 0.6) is 5.75 Å². The van der Waals surface area contributed by atoms with Crippen molar-refractivity contribution in [1.29, 1.82) is 5.26 Å². The number of alkyl halides is 3. The Morgan fingerprint density at radius 2 is 1.79 bits per heavy atom.